The van der Waals surface area contributed by atoms with Crippen LogP contribution in [0.5, 0.6) is 0 Å². The fourth-order valence-corrected chi connectivity index (χ4v) is 2.34. The lowest BCUT2D eigenvalue weighted by atomic mass is 10.2. The Morgan fingerprint density at radius 2 is 2.13 bits per heavy atom. The first-order valence-electron chi connectivity index (χ1n) is 7.33. The maximum atomic E-state index is 11.9. The lowest BCUT2D eigenvalue weighted by Crippen LogP contribution is -2.14. The average molecular weight is 311 g/mol. The second-order valence-electron chi connectivity index (χ2n) is 5.24. The molecule has 3 heterocycles. The minimum absolute atomic E-state index is 0.233. The maximum Gasteiger partial charge on any atom is 0.252 e. The zero-order valence-electron chi connectivity index (χ0n) is 13.2. The van der Waals surface area contributed by atoms with Crippen molar-refractivity contribution in [1.82, 2.24) is 24.9 Å². The molecule has 0 spiro atoms. The average Bonchev–Trinajstić information content (AvgIpc) is 3.10. The SMILES string of the molecule is CCc1nocc1/C=C/c1cc(=O)[nH]c(-n2nc(C)cc2C)n1. The monoisotopic (exact) mass is 311 g/mol. The summed E-state index contributed by atoms with van der Waals surface area (Å²) in [6.07, 6.45) is 5.94. The summed E-state index contributed by atoms with van der Waals surface area (Å²) >= 11 is 0. The van der Waals surface area contributed by atoms with Crippen LogP contribution >= 0.6 is 0 Å². The van der Waals surface area contributed by atoms with E-state index in [4.69, 9.17) is 4.52 Å². The normalized spacial score (nSPS) is 11.4. The Labute approximate surface area is 132 Å². The molecule has 0 radical (unpaired) electrons. The van der Waals surface area contributed by atoms with Crippen molar-refractivity contribution >= 4 is 12.2 Å². The first-order valence-corrected chi connectivity index (χ1v) is 7.33. The highest BCUT2D eigenvalue weighted by Crippen LogP contribution is 2.12. The quantitative estimate of drug-likeness (QED) is 0.798. The molecule has 3 rings (SSSR count). The highest BCUT2D eigenvalue weighted by atomic mass is 16.5. The molecule has 0 aromatic carbocycles. The molecule has 118 valence electrons. The Hall–Kier alpha value is -2.96. The van der Waals surface area contributed by atoms with E-state index < -0.39 is 0 Å². The molecule has 0 saturated heterocycles. The van der Waals surface area contributed by atoms with E-state index in [1.807, 2.05) is 32.9 Å². The first-order chi connectivity index (χ1) is 11.1. The molecule has 0 atom stereocenters. The Morgan fingerprint density at radius 3 is 2.83 bits per heavy atom. The second kappa shape index (κ2) is 6.04. The van der Waals surface area contributed by atoms with Crippen molar-refractivity contribution < 1.29 is 4.52 Å². The molecule has 1 N–H and O–H groups in total. The molecule has 3 aromatic rings. The minimum Gasteiger partial charge on any atom is -0.364 e. The van der Waals surface area contributed by atoms with E-state index >= 15 is 0 Å². The van der Waals surface area contributed by atoms with Crippen molar-refractivity contribution in [3.05, 3.63) is 57.1 Å². The Kier molecular flexibility index (Phi) is 3.92. The Bertz CT molecular complexity index is 917. The molecule has 3 aromatic heterocycles. The van der Waals surface area contributed by atoms with E-state index in [0.29, 0.717) is 11.6 Å². The summed E-state index contributed by atoms with van der Waals surface area (Å²) in [5, 5.41) is 8.25. The number of nitrogens with one attached hydrogen (secondary N) is 1. The van der Waals surface area contributed by atoms with Gasteiger partial charge in [0.15, 0.2) is 0 Å². The van der Waals surface area contributed by atoms with Gasteiger partial charge in [-0.15, -0.1) is 0 Å². The van der Waals surface area contributed by atoms with Crippen molar-refractivity contribution in [2.75, 3.05) is 0 Å². The summed E-state index contributed by atoms with van der Waals surface area (Å²) in [6.45, 7) is 5.80. The number of nitrogens with zero attached hydrogens (tertiary/aromatic N) is 4. The van der Waals surface area contributed by atoms with Crippen LogP contribution in [0.15, 0.2) is 27.7 Å². The molecular weight excluding hydrogens is 294 g/mol. The van der Waals surface area contributed by atoms with Gasteiger partial charge in [-0.25, -0.2) is 9.67 Å². The third-order valence-electron chi connectivity index (χ3n) is 3.40. The molecule has 0 saturated carbocycles. The van der Waals surface area contributed by atoms with Gasteiger partial charge in [0, 0.05) is 17.3 Å². The Morgan fingerprint density at radius 1 is 1.30 bits per heavy atom. The number of rotatable bonds is 4. The summed E-state index contributed by atoms with van der Waals surface area (Å²) in [4.78, 5) is 19.0. The second-order valence-corrected chi connectivity index (χ2v) is 5.24. The van der Waals surface area contributed by atoms with Crippen LogP contribution in [0.2, 0.25) is 0 Å². The van der Waals surface area contributed by atoms with Gasteiger partial charge in [0.25, 0.3) is 5.56 Å². The number of H-pyrrole nitrogens is 1. The molecular formula is C16H17N5O2. The van der Waals surface area contributed by atoms with Crippen LogP contribution in [0.25, 0.3) is 18.1 Å². The van der Waals surface area contributed by atoms with Crippen molar-refractivity contribution in [2.45, 2.75) is 27.2 Å². The van der Waals surface area contributed by atoms with Crippen LogP contribution in [0.4, 0.5) is 0 Å². The number of aromatic amines is 1. The third-order valence-corrected chi connectivity index (χ3v) is 3.40. The van der Waals surface area contributed by atoms with Gasteiger partial charge < -0.3 is 4.52 Å². The molecule has 0 aliphatic rings. The minimum atomic E-state index is -0.233. The zero-order chi connectivity index (χ0) is 16.4. The smallest absolute Gasteiger partial charge is 0.252 e. The third kappa shape index (κ3) is 3.13. The Balaban J connectivity index is 1.98. The van der Waals surface area contributed by atoms with Gasteiger partial charge >= 0.3 is 0 Å². The van der Waals surface area contributed by atoms with Gasteiger partial charge in [-0.3, -0.25) is 9.78 Å². The van der Waals surface area contributed by atoms with E-state index in [1.165, 1.54) is 6.07 Å². The van der Waals surface area contributed by atoms with Gasteiger partial charge in [-0.1, -0.05) is 12.1 Å². The highest BCUT2D eigenvalue weighted by Gasteiger charge is 2.07. The number of hydrogen-bond donors (Lipinski definition) is 1. The summed E-state index contributed by atoms with van der Waals surface area (Å²) in [7, 11) is 0. The van der Waals surface area contributed by atoms with E-state index in [1.54, 1.807) is 17.0 Å². The topological polar surface area (TPSA) is 89.6 Å². The molecule has 0 aliphatic heterocycles. The standard InChI is InChI=1S/C16H17N5O2/c1-4-14-12(9-23-20-14)5-6-13-8-15(22)18-16(17-13)21-11(3)7-10(2)19-21/h5-9H,4H2,1-3H3,(H,17,18,22)/b6-5+. The molecule has 7 heteroatoms. The van der Waals surface area contributed by atoms with E-state index in [-0.39, 0.29) is 5.56 Å². The maximum absolute atomic E-state index is 11.9. The molecule has 0 unspecified atom stereocenters. The predicted molar refractivity (Wildman–Crippen MR) is 86.3 cm³/mol. The van der Waals surface area contributed by atoms with Crippen LogP contribution in [-0.2, 0) is 6.42 Å². The molecule has 0 bridgehead atoms. The van der Waals surface area contributed by atoms with Gasteiger partial charge in [0.1, 0.15) is 6.26 Å². The fraction of sp³-hybridized carbons (Fsp3) is 0.250. The van der Waals surface area contributed by atoms with Crippen molar-refractivity contribution in [2.24, 2.45) is 0 Å². The highest BCUT2D eigenvalue weighted by molar-refractivity contribution is 5.68. The van der Waals surface area contributed by atoms with E-state index in [2.05, 4.69) is 20.2 Å². The molecule has 7 nitrogen and oxygen atoms in total. The van der Waals surface area contributed by atoms with Crippen molar-refractivity contribution in [3.8, 4) is 5.95 Å². The fourth-order valence-electron chi connectivity index (χ4n) is 2.34. The molecule has 0 fully saturated rings. The summed E-state index contributed by atoms with van der Waals surface area (Å²) < 4.78 is 6.57. The largest absolute Gasteiger partial charge is 0.364 e. The lowest BCUT2D eigenvalue weighted by Gasteiger charge is -2.03. The predicted octanol–water partition coefficient (Wildman–Crippen LogP) is 2.29. The van der Waals surface area contributed by atoms with E-state index in [9.17, 15) is 4.79 Å². The first kappa shape index (κ1) is 15.0. The van der Waals surface area contributed by atoms with Crippen LogP contribution < -0.4 is 5.56 Å². The van der Waals surface area contributed by atoms with Gasteiger partial charge in [-0.05, 0) is 38.5 Å². The molecule has 0 amide bonds. The number of hydrogen-bond acceptors (Lipinski definition) is 5. The number of aromatic nitrogens is 5. The van der Waals surface area contributed by atoms with Crippen LogP contribution in [0, 0.1) is 13.8 Å². The van der Waals surface area contributed by atoms with Crippen LogP contribution in [0.3, 0.4) is 0 Å². The summed E-state index contributed by atoms with van der Waals surface area (Å²) in [5.74, 6) is 0.392. The zero-order valence-corrected chi connectivity index (χ0v) is 13.2. The number of aryl methyl sites for hydroxylation is 3. The summed E-state index contributed by atoms with van der Waals surface area (Å²) in [5.41, 5.74) is 3.82. The van der Waals surface area contributed by atoms with Gasteiger partial charge in [0.05, 0.1) is 17.1 Å². The van der Waals surface area contributed by atoms with Crippen LogP contribution in [-0.4, -0.2) is 24.9 Å². The van der Waals surface area contributed by atoms with Gasteiger partial charge in [-0.2, -0.15) is 5.10 Å². The lowest BCUT2D eigenvalue weighted by molar-refractivity contribution is 0.412. The van der Waals surface area contributed by atoms with Gasteiger partial charge in [0.2, 0.25) is 5.95 Å². The van der Waals surface area contributed by atoms with Crippen LogP contribution in [0.1, 0.15) is 35.3 Å². The molecule has 0 aliphatic carbocycles. The summed E-state index contributed by atoms with van der Waals surface area (Å²) in [6, 6.07) is 3.36. The van der Waals surface area contributed by atoms with E-state index in [0.717, 1.165) is 29.1 Å². The van der Waals surface area contributed by atoms with Crippen molar-refractivity contribution in [3.63, 3.8) is 0 Å². The molecule has 23 heavy (non-hydrogen) atoms. The van der Waals surface area contributed by atoms with Crippen molar-refractivity contribution in [1.29, 1.82) is 0 Å².